The van der Waals surface area contributed by atoms with Crippen LogP contribution in [0.2, 0.25) is 0 Å². The van der Waals surface area contributed by atoms with Crippen LogP contribution in [0.3, 0.4) is 0 Å². The topological polar surface area (TPSA) is 55.6 Å². The minimum Gasteiger partial charge on any atom is -0.445 e. The fraction of sp³-hybridized carbons (Fsp3) is 0.533. The van der Waals surface area contributed by atoms with Gasteiger partial charge in [0.1, 0.15) is 6.61 Å². The molecule has 1 heterocycles. The zero-order chi connectivity index (χ0) is 15.2. The molecule has 1 aliphatic rings. The molecule has 2 N–H and O–H groups in total. The molecule has 2 rings (SSSR count). The predicted molar refractivity (Wildman–Crippen MR) is 74.9 cm³/mol. The summed E-state index contributed by atoms with van der Waals surface area (Å²) >= 11 is 0. The van der Waals surface area contributed by atoms with Crippen molar-refractivity contribution in [3.63, 3.8) is 0 Å². The summed E-state index contributed by atoms with van der Waals surface area (Å²) in [5, 5.41) is 0. The van der Waals surface area contributed by atoms with E-state index < -0.39 is 18.6 Å². The number of benzene rings is 1. The Labute approximate surface area is 122 Å². The van der Waals surface area contributed by atoms with Gasteiger partial charge in [-0.25, -0.2) is 13.6 Å². The molecule has 1 fully saturated rings. The van der Waals surface area contributed by atoms with Crippen molar-refractivity contribution in [2.24, 2.45) is 11.7 Å². The highest BCUT2D eigenvalue weighted by molar-refractivity contribution is 5.67. The average molecular weight is 298 g/mol. The number of nitrogens with two attached hydrogens (primary N) is 1. The van der Waals surface area contributed by atoms with Crippen LogP contribution in [0, 0.1) is 5.92 Å². The van der Waals surface area contributed by atoms with Gasteiger partial charge in [0.2, 0.25) is 0 Å². The summed E-state index contributed by atoms with van der Waals surface area (Å²) in [6, 6.07) is 8.29. The zero-order valence-electron chi connectivity index (χ0n) is 11.8. The summed E-state index contributed by atoms with van der Waals surface area (Å²) in [5.41, 5.74) is 6.38. The largest absolute Gasteiger partial charge is 0.445 e. The lowest BCUT2D eigenvalue weighted by atomic mass is 9.90. The van der Waals surface area contributed by atoms with Crippen molar-refractivity contribution < 1.29 is 18.3 Å². The first kappa shape index (κ1) is 15.7. The SMILES string of the molecule is NC(C(F)F)C1CCN(C(=O)OCc2ccccc2)CC1. The third-order valence-electron chi connectivity index (χ3n) is 3.84. The highest BCUT2D eigenvalue weighted by Gasteiger charge is 2.31. The number of rotatable bonds is 4. The van der Waals surface area contributed by atoms with E-state index in [4.69, 9.17) is 10.5 Å². The molecule has 1 saturated heterocycles. The molecule has 0 saturated carbocycles. The van der Waals surface area contributed by atoms with Gasteiger partial charge < -0.3 is 15.4 Å². The Hall–Kier alpha value is -1.69. The number of hydrogen-bond acceptors (Lipinski definition) is 3. The van der Waals surface area contributed by atoms with Crippen LogP contribution in [-0.2, 0) is 11.3 Å². The highest BCUT2D eigenvalue weighted by atomic mass is 19.3. The van der Waals surface area contributed by atoms with Gasteiger partial charge in [0.05, 0.1) is 6.04 Å². The smallest absolute Gasteiger partial charge is 0.410 e. The molecule has 0 aliphatic carbocycles. The molecule has 21 heavy (non-hydrogen) atoms. The van der Waals surface area contributed by atoms with Crippen molar-refractivity contribution in [1.29, 1.82) is 0 Å². The monoisotopic (exact) mass is 298 g/mol. The second-order valence-electron chi connectivity index (χ2n) is 5.28. The number of amides is 1. The van der Waals surface area contributed by atoms with Crippen molar-refractivity contribution in [3.05, 3.63) is 35.9 Å². The van der Waals surface area contributed by atoms with Crippen molar-refractivity contribution in [2.75, 3.05) is 13.1 Å². The first-order valence-electron chi connectivity index (χ1n) is 7.07. The summed E-state index contributed by atoms with van der Waals surface area (Å²) < 4.78 is 30.3. The Morgan fingerprint density at radius 2 is 1.90 bits per heavy atom. The first-order chi connectivity index (χ1) is 10.1. The van der Waals surface area contributed by atoms with E-state index in [-0.39, 0.29) is 12.5 Å². The Kier molecular flexibility index (Phi) is 5.50. The number of alkyl halides is 2. The number of halogens is 2. The standard InChI is InChI=1S/C15H20F2N2O2/c16-14(17)13(18)12-6-8-19(9-7-12)15(20)21-10-11-4-2-1-3-5-11/h1-5,12-14H,6-10,18H2. The molecule has 1 atom stereocenters. The fourth-order valence-corrected chi connectivity index (χ4v) is 2.48. The molecule has 4 nitrogen and oxygen atoms in total. The van der Waals surface area contributed by atoms with Gasteiger partial charge in [0.15, 0.2) is 0 Å². The maximum absolute atomic E-state index is 12.5. The van der Waals surface area contributed by atoms with Gasteiger partial charge >= 0.3 is 6.09 Å². The van der Waals surface area contributed by atoms with Crippen molar-refractivity contribution in [3.8, 4) is 0 Å². The van der Waals surface area contributed by atoms with Crippen molar-refractivity contribution in [2.45, 2.75) is 31.9 Å². The number of carbonyl (C=O) groups excluding carboxylic acids is 1. The minimum atomic E-state index is -2.51. The number of nitrogens with zero attached hydrogens (tertiary/aromatic N) is 1. The van der Waals surface area contributed by atoms with Gasteiger partial charge in [0, 0.05) is 13.1 Å². The Bertz CT molecular complexity index is 448. The summed E-state index contributed by atoms with van der Waals surface area (Å²) in [5.74, 6) is -0.233. The molecule has 1 aliphatic heterocycles. The van der Waals surface area contributed by atoms with E-state index in [1.54, 1.807) is 4.90 Å². The fourth-order valence-electron chi connectivity index (χ4n) is 2.48. The van der Waals surface area contributed by atoms with Crippen LogP contribution in [0.25, 0.3) is 0 Å². The van der Waals surface area contributed by atoms with E-state index in [0.29, 0.717) is 25.9 Å². The second kappa shape index (κ2) is 7.36. The molecular weight excluding hydrogens is 278 g/mol. The van der Waals surface area contributed by atoms with Crippen LogP contribution >= 0.6 is 0 Å². The molecule has 1 unspecified atom stereocenters. The predicted octanol–water partition coefficient (Wildman–Crippen LogP) is 2.63. The van der Waals surface area contributed by atoms with Gasteiger partial charge in [-0.2, -0.15) is 0 Å². The lowest BCUT2D eigenvalue weighted by Gasteiger charge is -2.33. The van der Waals surface area contributed by atoms with Gasteiger partial charge in [-0.3, -0.25) is 0 Å². The minimum absolute atomic E-state index is 0.218. The van der Waals surface area contributed by atoms with E-state index in [9.17, 15) is 13.6 Å². The summed E-state index contributed by atoms with van der Waals surface area (Å²) in [4.78, 5) is 13.5. The molecule has 6 heteroatoms. The Balaban J connectivity index is 1.75. The number of hydrogen-bond donors (Lipinski definition) is 1. The number of carbonyl (C=O) groups is 1. The van der Waals surface area contributed by atoms with Crippen molar-refractivity contribution >= 4 is 6.09 Å². The van der Waals surface area contributed by atoms with E-state index in [2.05, 4.69) is 0 Å². The molecule has 1 aromatic carbocycles. The average Bonchev–Trinajstić information content (AvgIpc) is 2.53. The maximum Gasteiger partial charge on any atom is 0.410 e. The second-order valence-corrected chi connectivity index (χ2v) is 5.28. The van der Waals surface area contributed by atoms with Gasteiger partial charge in [0.25, 0.3) is 6.43 Å². The van der Waals surface area contributed by atoms with Crippen LogP contribution in [0.5, 0.6) is 0 Å². The molecule has 116 valence electrons. The maximum atomic E-state index is 12.5. The third-order valence-corrected chi connectivity index (χ3v) is 3.84. The van der Waals surface area contributed by atoms with E-state index >= 15 is 0 Å². The molecule has 0 bridgehead atoms. The van der Waals surface area contributed by atoms with E-state index in [1.807, 2.05) is 30.3 Å². The van der Waals surface area contributed by atoms with Gasteiger partial charge in [-0.15, -0.1) is 0 Å². The van der Waals surface area contributed by atoms with Crippen LogP contribution in [0.1, 0.15) is 18.4 Å². The molecule has 0 radical (unpaired) electrons. The Morgan fingerprint density at radius 3 is 2.48 bits per heavy atom. The van der Waals surface area contributed by atoms with Crippen LogP contribution in [-0.4, -0.2) is 36.5 Å². The molecule has 1 aromatic rings. The first-order valence-corrected chi connectivity index (χ1v) is 7.07. The van der Waals surface area contributed by atoms with Gasteiger partial charge in [-0.1, -0.05) is 30.3 Å². The molecule has 1 amide bonds. The molecule has 0 aromatic heterocycles. The third kappa shape index (κ3) is 4.39. The van der Waals surface area contributed by atoms with Crippen LogP contribution in [0.15, 0.2) is 30.3 Å². The van der Waals surface area contributed by atoms with E-state index in [0.717, 1.165) is 5.56 Å². The van der Waals surface area contributed by atoms with Crippen molar-refractivity contribution in [1.82, 2.24) is 4.90 Å². The number of piperidine rings is 1. The lowest BCUT2D eigenvalue weighted by molar-refractivity contribution is 0.0517. The zero-order valence-corrected chi connectivity index (χ0v) is 11.8. The van der Waals surface area contributed by atoms with Crippen LogP contribution < -0.4 is 5.73 Å². The van der Waals surface area contributed by atoms with Crippen LogP contribution in [0.4, 0.5) is 13.6 Å². The number of likely N-dealkylation sites (tertiary alicyclic amines) is 1. The van der Waals surface area contributed by atoms with E-state index in [1.165, 1.54) is 0 Å². The Morgan fingerprint density at radius 1 is 1.29 bits per heavy atom. The summed E-state index contributed by atoms with van der Waals surface area (Å²) in [7, 11) is 0. The van der Waals surface area contributed by atoms with Gasteiger partial charge in [-0.05, 0) is 24.3 Å². The normalized spacial score (nSPS) is 17.8. The molecular formula is C15H20F2N2O2. The summed E-state index contributed by atoms with van der Waals surface area (Å²) in [6.45, 7) is 1.05. The number of ether oxygens (including phenoxy) is 1. The lowest BCUT2D eigenvalue weighted by Crippen LogP contribution is -2.46. The summed E-state index contributed by atoms with van der Waals surface area (Å²) in [6.07, 6.45) is -1.92. The molecule has 0 spiro atoms. The highest BCUT2D eigenvalue weighted by Crippen LogP contribution is 2.23. The quantitative estimate of drug-likeness (QED) is 0.929.